The van der Waals surface area contributed by atoms with E-state index < -0.39 is 26.1 Å². The molecule has 1 aliphatic rings. The number of nitrogens with zero attached hydrogens (tertiary/aromatic N) is 1. The van der Waals surface area contributed by atoms with Crippen molar-refractivity contribution in [3.63, 3.8) is 0 Å². The first-order chi connectivity index (χ1) is 16.4. The second-order valence-corrected chi connectivity index (χ2v) is 11.1. The van der Waals surface area contributed by atoms with Crippen LogP contribution in [0.4, 0.5) is 0 Å². The zero-order valence-electron chi connectivity index (χ0n) is 20.2. The van der Waals surface area contributed by atoms with E-state index in [0.717, 1.165) is 29.2 Å². The SMILES string of the molecule is COc1cc(-c2ccc(CN3CCNCC3(OS(C)(=O)=O)OS(C)(=O)=O)cc2)cc(OC)c1OC. The molecule has 1 fully saturated rings. The van der Waals surface area contributed by atoms with Crippen LogP contribution < -0.4 is 19.5 Å². The first kappa shape index (κ1) is 27.2. The van der Waals surface area contributed by atoms with Crippen LogP contribution in [-0.2, 0) is 35.1 Å². The normalized spacial score (nSPS) is 16.6. The Balaban J connectivity index is 1.91. The molecule has 0 atom stereocenters. The molecule has 0 amide bonds. The van der Waals surface area contributed by atoms with Crippen molar-refractivity contribution >= 4 is 20.2 Å². The molecule has 3 rings (SSSR count). The van der Waals surface area contributed by atoms with Crippen LogP contribution in [-0.4, -0.2) is 81.1 Å². The fraction of sp³-hybridized carbons (Fsp3) is 0.455. The zero-order valence-corrected chi connectivity index (χ0v) is 21.9. The van der Waals surface area contributed by atoms with Crippen molar-refractivity contribution < 1.29 is 39.4 Å². The van der Waals surface area contributed by atoms with E-state index in [1.165, 1.54) is 7.11 Å². The summed E-state index contributed by atoms with van der Waals surface area (Å²) >= 11 is 0. The molecular weight excluding hydrogens is 500 g/mol. The van der Waals surface area contributed by atoms with Crippen molar-refractivity contribution in [2.75, 3.05) is 53.5 Å². The summed E-state index contributed by atoms with van der Waals surface area (Å²) < 4.78 is 74.4. The van der Waals surface area contributed by atoms with Gasteiger partial charge in [0.1, 0.15) is 0 Å². The summed E-state index contributed by atoms with van der Waals surface area (Å²) in [5.41, 5.74) is 2.50. The van der Waals surface area contributed by atoms with E-state index in [-0.39, 0.29) is 13.1 Å². The molecule has 0 saturated carbocycles. The summed E-state index contributed by atoms with van der Waals surface area (Å²) in [6.45, 7) is 0.810. The van der Waals surface area contributed by atoms with E-state index >= 15 is 0 Å². The highest BCUT2D eigenvalue weighted by atomic mass is 32.2. The van der Waals surface area contributed by atoms with Gasteiger partial charge in [-0.05, 0) is 28.8 Å². The van der Waals surface area contributed by atoms with E-state index in [2.05, 4.69) is 5.32 Å². The quantitative estimate of drug-likeness (QED) is 0.353. The van der Waals surface area contributed by atoms with E-state index in [1.54, 1.807) is 19.1 Å². The Morgan fingerprint density at radius 1 is 0.857 bits per heavy atom. The number of piperazine rings is 1. The van der Waals surface area contributed by atoms with Crippen LogP contribution in [0.3, 0.4) is 0 Å². The van der Waals surface area contributed by atoms with Crippen LogP contribution in [0.15, 0.2) is 36.4 Å². The lowest BCUT2D eigenvalue weighted by Crippen LogP contribution is -2.64. The third-order valence-corrected chi connectivity index (χ3v) is 6.40. The van der Waals surface area contributed by atoms with Crippen molar-refractivity contribution in [1.82, 2.24) is 10.2 Å². The summed E-state index contributed by atoms with van der Waals surface area (Å²) in [7, 11) is -3.47. The molecule has 0 spiro atoms. The van der Waals surface area contributed by atoms with Crippen molar-refractivity contribution in [2.45, 2.75) is 12.5 Å². The van der Waals surface area contributed by atoms with E-state index in [4.69, 9.17) is 22.6 Å². The standard InChI is InChI=1S/C22H30N2O9S2/c1-29-19-12-18(13-20(30-2)21(19)31-3)17-8-6-16(7-9-17)14-24-11-10-23-15-22(24,32-34(4,25)26)33-35(5,27)28/h6-9,12-13,23H,10-11,14-15H2,1-5H3. The average Bonchev–Trinajstić information content (AvgIpc) is 2.77. The lowest BCUT2D eigenvalue weighted by atomic mass is 10.0. The average molecular weight is 531 g/mol. The van der Waals surface area contributed by atoms with Gasteiger partial charge in [0, 0.05) is 19.6 Å². The number of ether oxygens (including phenoxy) is 3. The number of benzene rings is 2. The third kappa shape index (κ3) is 6.84. The van der Waals surface area contributed by atoms with Crippen molar-refractivity contribution in [3.05, 3.63) is 42.0 Å². The smallest absolute Gasteiger partial charge is 0.275 e. The Morgan fingerprint density at radius 2 is 1.40 bits per heavy atom. The first-order valence-corrected chi connectivity index (χ1v) is 14.2. The highest BCUT2D eigenvalue weighted by Crippen LogP contribution is 2.41. The molecule has 1 aliphatic heterocycles. The summed E-state index contributed by atoms with van der Waals surface area (Å²) in [6, 6.07) is 11.1. The van der Waals surface area contributed by atoms with Gasteiger partial charge in [0.05, 0.1) is 40.4 Å². The number of hydrogen-bond acceptors (Lipinski definition) is 11. The molecule has 0 unspecified atom stereocenters. The summed E-state index contributed by atoms with van der Waals surface area (Å²) in [5, 5.41) is 2.94. The molecule has 1 heterocycles. The molecule has 2 aromatic carbocycles. The summed E-state index contributed by atoms with van der Waals surface area (Å²) in [6.07, 6.45) is 1.69. The van der Waals surface area contributed by atoms with E-state index in [1.807, 2.05) is 36.4 Å². The van der Waals surface area contributed by atoms with Crippen molar-refractivity contribution in [1.29, 1.82) is 0 Å². The monoisotopic (exact) mass is 530 g/mol. The van der Waals surface area contributed by atoms with Crippen molar-refractivity contribution in [2.24, 2.45) is 0 Å². The predicted octanol–water partition coefficient (Wildman–Crippen LogP) is 1.39. The van der Waals surface area contributed by atoms with Gasteiger partial charge < -0.3 is 19.5 Å². The van der Waals surface area contributed by atoms with Gasteiger partial charge in [-0.15, -0.1) is 0 Å². The lowest BCUT2D eigenvalue weighted by Gasteiger charge is -2.43. The minimum Gasteiger partial charge on any atom is -0.493 e. The molecule has 194 valence electrons. The second-order valence-electron chi connectivity index (χ2n) is 8.00. The molecule has 0 aliphatic carbocycles. The van der Waals surface area contributed by atoms with Crippen LogP contribution >= 0.6 is 0 Å². The van der Waals surface area contributed by atoms with Gasteiger partial charge >= 0.3 is 0 Å². The van der Waals surface area contributed by atoms with Crippen LogP contribution in [0.1, 0.15) is 5.56 Å². The fourth-order valence-electron chi connectivity index (χ4n) is 3.86. The van der Waals surface area contributed by atoms with E-state index in [0.29, 0.717) is 30.3 Å². The fourth-order valence-corrected chi connectivity index (χ4v) is 5.25. The predicted molar refractivity (Wildman–Crippen MR) is 129 cm³/mol. The molecule has 1 saturated heterocycles. The van der Waals surface area contributed by atoms with Gasteiger partial charge in [-0.2, -0.15) is 16.8 Å². The number of rotatable bonds is 10. The van der Waals surface area contributed by atoms with Crippen molar-refractivity contribution in [3.8, 4) is 28.4 Å². The molecular formula is C22H30N2O9S2. The van der Waals surface area contributed by atoms with Crippen LogP contribution in [0.25, 0.3) is 11.1 Å². The molecule has 11 nitrogen and oxygen atoms in total. The zero-order chi connectivity index (χ0) is 25.9. The van der Waals surface area contributed by atoms with Gasteiger partial charge in [0.15, 0.2) is 11.5 Å². The molecule has 0 aromatic heterocycles. The van der Waals surface area contributed by atoms with Crippen LogP contribution in [0.2, 0.25) is 0 Å². The Bertz CT molecular complexity index is 1190. The molecule has 35 heavy (non-hydrogen) atoms. The Labute approximate surface area is 206 Å². The van der Waals surface area contributed by atoms with Gasteiger partial charge in [-0.3, -0.25) is 0 Å². The number of methoxy groups -OCH3 is 3. The molecule has 0 bridgehead atoms. The molecule has 0 radical (unpaired) electrons. The highest BCUT2D eigenvalue weighted by Gasteiger charge is 2.47. The minimum absolute atomic E-state index is 0.156. The molecule has 13 heteroatoms. The Morgan fingerprint density at radius 3 is 1.86 bits per heavy atom. The lowest BCUT2D eigenvalue weighted by molar-refractivity contribution is -0.228. The maximum absolute atomic E-state index is 12.0. The maximum atomic E-state index is 12.0. The highest BCUT2D eigenvalue weighted by molar-refractivity contribution is 7.86. The van der Waals surface area contributed by atoms with Crippen LogP contribution in [0.5, 0.6) is 17.2 Å². The molecule has 2 aromatic rings. The second kappa shape index (κ2) is 10.7. The number of hydrogen-bond donors (Lipinski definition) is 1. The summed E-state index contributed by atoms with van der Waals surface area (Å²) in [4.78, 5) is 1.54. The minimum atomic E-state index is -4.05. The molecule has 1 N–H and O–H groups in total. The van der Waals surface area contributed by atoms with Crippen LogP contribution in [0, 0.1) is 0 Å². The first-order valence-electron chi connectivity index (χ1n) is 10.6. The number of nitrogens with one attached hydrogen (secondary N) is 1. The van der Waals surface area contributed by atoms with Gasteiger partial charge in [-0.25, -0.2) is 13.3 Å². The summed E-state index contributed by atoms with van der Waals surface area (Å²) in [5.74, 6) is -0.503. The Kier molecular flexibility index (Phi) is 8.29. The largest absolute Gasteiger partial charge is 0.493 e. The third-order valence-electron chi connectivity index (χ3n) is 5.28. The Hall–Kier alpha value is -2.42. The van der Waals surface area contributed by atoms with E-state index in [9.17, 15) is 16.8 Å². The van der Waals surface area contributed by atoms with Gasteiger partial charge in [0.2, 0.25) is 5.75 Å². The topological polar surface area (TPSA) is 130 Å². The maximum Gasteiger partial charge on any atom is 0.275 e. The van der Waals surface area contributed by atoms with Gasteiger partial charge in [-0.1, -0.05) is 24.3 Å². The van der Waals surface area contributed by atoms with Gasteiger partial charge in [0.25, 0.3) is 26.1 Å².